The molecule has 230 valence electrons. The highest BCUT2D eigenvalue weighted by atomic mass is 35.5. The van der Waals surface area contributed by atoms with Crippen LogP contribution in [0, 0.1) is 0 Å². The Hall–Kier alpha value is -4.83. The van der Waals surface area contributed by atoms with Gasteiger partial charge in [-0.05, 0) is 68.3 Å². The predicted molar refractivity (Wildman–Crippen MR) is 171 cm³/mol. The Kier molecular flexibility index (Phi) is 9.95. The number of amides is 2. The third-order valence-electron chi connectivity index (χ3n) is 6.65. The molecule has 0 saturated heterocycles. The lowest BCUT2D eigenvalue weighted by Gasteiger charge is -2.27. The molecule has 0 bridgehead atoms. The highest BCUT2D eigenvalue weighted by Crippen LogP contribution is 2.26. The number of aromatic amines is 1. The molecule has 11 heteroatoms. The Balaban J connectivity index is 1.61. The van der Waals surface area contributed by atoms with E-state index >= 15 is 0 Å². The van der Waals surface area contributed by atoms with Gasteiger partial charge in [0.15, 0.2) is 0 Å². The fourth-order valence-corrected chi connectivity index (χ4v) is 4.75. The summed E-state index contributed by atoms with van der Waals surface area (Å²) in [6, 6.07) is 16.9. The molecule has 4 rings (SSSR count). The van der Waals surface area contributed by atoms with E-state index in [-0.39, 0.29) is 18.7 Å². The number of hydrogen-bond acceptors (Lipinski definition) is 6. The second-order valence-electron chi connectivity index (χ2n) is 11.2. The van der Waals surface area contributed by atoms with Gasteiger partial charge in [0.05, 0.1) is 24.6 Å². The number of H-pyrrole nitrogens is 1. The Labute approximate surface area is 260 Å². The van der Waals surface area contributed by atoms with E-state index in [0.717, 1.165) is 11.1 Å². The van der Waals surface area contributed by atoms with E-state index in [1.165, 1.54) is 12.0 Å². The molecule has 1 atom stereocenters. The lowest BCUT2D eigenvalue weighted by atomic mass is 10.0. The van der Waals surface area contributed by atoms with Crippen LogP contribution in [0.2, 0.25) is 5.02 Å². The smallest absolute Gasteiger partial charge is 0.408 e. The van der Waals surface area contributed by atoms with E-state index in [1.807, 2.05) is 30.3 Å². The van der Waals surface area contributed by atoms with Crippen LogP contribution in [0.5, 0.6) is 5.88 Å². The van der Waals surface area contributed by atoms with Gasteiger partial charge in [-0.25, -0.2) is 9.78 Å². The molecular formula is C33H35ClN4O6. The first kappa shape index (κ1) is 32.1. The third kappa shape index (κ3) is 8.38. The zero-order valence-electron chi connectivity index (χ0n) is 25.2. The quantitative estimate of drug-likeness (QED) is 0.195. The van der Waals surface area contributed by atoms with Gasteiger partial charge in [0, 0.05) is 41.5 Å². The van der Waals surface area contributed by atoms with Gasteiger partial charge in [-0.15, -0.1) is 0 Å². The van der Waals surface area contributed by atoms with Crippen LogP contribution >= 0.6 is 11.6 Å². The molecule has 0 fully saturated rings. The van der Waals surface area contributed by atoms with Crippen molar-refractivity contribution >= 4 is 58.4 Å². The van der Waals surface area contributed by atoms with Gasteiger partial charge in [0.1, 0.15) is 11.6 Å². The summed E-state index contributed by atoms with van der Waals surface area (Å²) in [6.07, 6.45) is 2.90. The van der Waals surface area contributed by atoms with Gasteiger partial charge in [-0.1, -0.05) is 41.9 Å². The number of ether oxygens (including phenoxy) is 2. The summed E-state index contributed by atoms with van der Waals surface area (Å²) in [5.41, 5.74) is 3.84. The monoisotopic (exact) mass is 618 g/mol. The summed E-state index contributed by atoms with van der Waals surface area (Å²) < 4.78 is 10.7. The lowest BCUT2D eigenvalue weighted by Crippen LogP contribution is -2.50. The minimum Gasteiger partial charge on any atom is -0.481 e. The van der Waals surface area contributed by atoms with Crippen LogP contribution < -0.4 is 15.0 Å². The van der Waals surface area contributed by atoms with Crippen molar-refractivity contribution in [2.75, 3.05) is 19.1 Å². The summed E-state index contributed by atoms with van der Waals surface area (Å²) in [4.78, 5) is 47.1. The van der Waals surface area contributed by atoms with Crippen molar-refractivity contribution in [2.45, 2.75) is 45.3 Å². The number of rotatable bonds is 10. The van der Waals surface area contributed by atoms with E-state index in [9.17, 15) is 19.5 Å². The molecule has 0 saturated carbocycles. The molecule has 4 aromatic rings. The fraction of sp³-hybridized carbons (Fsp3) is 0.273. The van der Waals surface area contributed by atoms with Gasteiger partial charge in [0.25, 0.3) is 0 Å². The number of halogens is 1. The number of benzene rings is 2. The SMILES string of the molecule is COc1ccc2[nH]c(/C=C/c3cccc(CC(NC(=O)OC(C)(C)C)C(=O)N(C)c4ccc(Cl)cc4)c3)c(CC(=O)O)c2n1. The first-order chi connectivity index (χ1) is 20.8. The molecule has 2 heterocycles. The molecule has 0 aliphatic carbocycles. The highest BCUT2D eigenvalue weighted by molar-refractivity contribution is 6.30. The summed E-state index contributed by atoms with van der Waals surface area (Å²) in [6.45, 7) is 5.25. The summed E-state index contributed by atoms with van der Waals surface area (Å²) >= 11 is 6.02. The van der Waals surface area contributed by atoms with E-state index in [1.54, 1.807) is 70.3 Å². The predicted octanol–water partition coefficient (Wildman–Crippen LogP) is 6.12. The van der Waals surface area contributed by atoms with Gasteiger partial charge in [0.2, 0.25) is 11.8 Å². The summed E-state index contributed by atoms with van der Waals surface area (Å²) in [5.74, 6) is -0.931. The molecule has 2 aromatic heterocycles. The fourth-order valence-electron chi connectivity index (χ4n) is 4.62. The summed E-state index contributed by atoms with van der Waals surface area (Å²) in [5, 5.41) is 12.8. The number of carboxylic acids is 1. The maximum absolute atomic E-state index is 13.6. The molecule has 2 aromatic carbocycles. The van der Waals surface area contributed by atoms with Crippen LogP contribution in [0.4, 0.5) is 10.5 Å². The molecule has 0 spiro atoms. The maximum atomic E-state index is 13.6. The van der Waals surface area contributed by atoms with E-state index in [2.05, 4.69) is 15.3 Å². The van der Waals surface area contributed by atoms with Gasteiger partial charge < -0.3 is 29.8 Å². The summed E-state index contributed by atoms with van der Waals surface area (Å²) in [7, 11) is 3.14. The van der Waals surface area contributed by atoms with Crippen LogP contribution in [0.3, 0.4) is 0 Å². The molecule has 0 radical (unpaired) electrons. The highest BCUT2D eigenvalue weighted by Gasteiger charge is 2.28. The molecule has 0 aliphatic rings. The standard InChI is InChI=1S/C33H35ClN4O6/c1-33(2,3)44-32(42)36-27(31(41)38(4)23-12-10-22(34)11-13-23)18-21-8-6-7-20(17-21)9-14-25-24(19-29(39)40)30-26(35-25)15-16-28(37-30)43-5/h6-17,27,35H,18-19H2,1-5H3,(H,36,42)(H,39,40)/b14-9+. The van der Waals surface area contributed by atoms with Crippen LogP contribution in [0.1, 0.15) is 43.2 Å². The molecule has 10 nitrogen and oxygen atoms in total. The zero-order valence-corrected chi connectivity index (χ0v) is 25.9. The number of nitrogens with zero attached hydrogens (tertiary/aromatic N) is 2. The second kappa shape index (κ2) is 13.6. The Morgan fingerprint density at radius 2 is 1.82 bits per heavy atom. The number of methoxy groups -OCH3 is 1. The number of alkyl carbamates (subject to hydrolysis) is 1. The van der Waals surface area contributed by atoms with Crippen molar-refractivity contribution in [3.05, 3.63) is 88.1 Å². The normalized spacial score (nSPS) is 12.2. The number of aliphatic carboxylic acids is 1. The number of likely N-dealkylation sites (N-methyl/N-ethyl adjacent to an activating group) is 1. The van der Waals surface area contributed by atoms with E-state index < -0.39 is 23.7 Å². The molecule has 2 amide bonds. The van der Waals surface area contributed by atoms with Crippen LogP contribution in [0.25, 0.3) is 23.2 Å². The number of hydrogen-bond donors (Lipinski definition) is 3. The Morgan fingerprint density at radius 3 is 2.48 bits per heavy atom. The maximum Gasteiger partial charge on any atom is 0.408 e. The average molecular weight is 619 g/mol. The van der Waals surface area contributed by atoms with Gasteiger partial charge in [-0.3, -0.25) is 9.59 Å². The van der Waals surface area contributed by atoms with Crippen LogP contribution in [-0.4, -0.2) is 58.8 Å². The third-order valence-corrected chi connectivity index (χ3v) is 6.91. The van der Waals surface area contributed by atoms with Crippen molar-refractivity contribution < 1.29 is 29.0 Å². The van der Waals surface area contributed by atoms with Crippen molar-refractivity contribution in [1.82, 2.24) is 15.3 Å². The number of pyridine rings is 1. The minimum atomic E-state index is -0.982. The average Bonchev–Trinajstić information content (AvgIpc) is 3.30. The number of carboxylic acid groups (broad SMARTS) is 1. The number of carbonyl (C=O) groups excluding carboxylic acids is 2. The Morgan fingerprint density at radius 1 is 1.09 bits per heavy atom. The van der Waals surface area contributed by atoms with Crippen molar-refractivity contribution in [2.24, 2.45) is 0 Å². The van der Waals surface area contributed by atoms with E-state index in [0.29, 0.717) is 38.9 Å². The van der Waals surface area contributed by atoms with E-state index in [4.69, 9.17) is 21.1 Å². The van der Waals surface area contributed by atoms with Crippen LogP contribution in [0.15, 0.2) is 60.7 Å². The first-order valence-electron chi connectivity index (χ1n) is 13.9. The van der Waals surface area contributed by atoms with Crippen molar-refractivity contribution in [1.29, 1.82) is 0 Å². The van der Waals surface area contributed by atoms with Gasteiger partial charge >= 0.3 is 12.1 Å². The minimum absolute atomic E-state index is 0.193. The molecule has 1 unspecified atom stereocenters. The Bertz CT molecular complexity index is 1690. The van der Waals surface area contributed by atoms with Crippen LogP contribution in [-0.2, 0) is 27.2 Å². The number of anilines is 1. The molecule has 44 heavy (non-hydrogen) atoms. The molecule has 0 aliphatic heterocycles. The molecule has 3 N–H and O–H groups in total. The second-order valence-corrected chi connectivity index (χ2v) is 11.6. The van der Waals surface area contributed by atoms with Crippen molar-refractivity contribution in [3.63, 3.8) is 0 Å². The van der Waals surface area contributed by atoms with Gasteiger partial charge in [-0.2, -0.15) is 0 Å². The number of carbonyl (C=O) groups is 3. The lowest BCUT2D eigenvalue weighted by molar-refractivity contribution is -0.136. The molecular weight excluding hydrogens is 584 g/mol. The number of fused-ring (bicyclic) bond motifs is 1. The topological polar surface area (TPSA) is 134 Å². The number of aromatic nitrogens is 2. The van der Waals surface area contributed by atoms with Crippen molar-refractivity contribution in [3.8, 4) is 5.88 Å². The number of nitrogens with one attached hydrogen (secondary N) is 2. The zero-order chi connectivity index (χ0) is 32.0. The largest absolute Gasteiger partial charge is 0.481 e. The first-order valence-corrected chi connectivity index (χ1v) is 14.3.